The summed E-state index contributed by atoms with van der Waals surface area (Å²) in [5, 5.41) is 0. The molecule has 1 aromatic carbocycles. The van der Waals surface area contributed by atoms with Crippen LogP contribution in [0.15, 0.2) is 24.3 Å². The van der Waals surface area contributed by atoms with Gasteiger partial charge in [0, 0.05) is 19.0 Å². The largest absolute Gasteiger partial charge is 0.497 e. The van der Waals surface area contributed by atoms with Crippen molar-refractivity contribution in [3.8, 4) is 11.5 Å². The molecule has 120 valence electrons. The molecular weight excluding hydrogens is 286 g/mol. The molecule has 0 radical (unpaired) electrons. The molecule has 1 saturated heterocycles. The SMILES string of the molecule is COc1ccc(OCC(=O)N2CCC(C(=O)NN)CC2)cc1. The lowest BCUT2D eigenvalue weighted by molar-refractivity contribution is -0.137. The van der Waals surface area contributed by atoms with E-state index < -0.39 is 0 Å². The highest BCUT2D eigenvalue weighted by Gasteiger charge is 2.26. The van der Waals surface area contributed by atoms with Crippen LogP contribution in [-0.2, 0) is 9.59 Å². The van der Waals surface area contributed by atoms with E-state index in [4.69, 9.17) is 15.3 Å². The van der Waals surface area contributed by atoms with E-state index in [1.807, 2.05) is 0 Å². The summed E-state index contributed by atoms with van der Waals surface area (Å²) >= 11 is 0. The summed E-state index contributed by atoms with van der Waals surface area (Å²) in [6.45, 7) is 1.08. The molecular formula is C15H21N3O4. The fraction of sp³-hybridized carbons (Fsp3) is 0.467. The number of hydrazine groups is 1. The van der Waals surface area contributed by atoms with Crippen molar-refractivity contribution in [3.05, 3.63) is 24.3 Å². The number of likely N-dealkylation sites (tertiary alicyclic amines) is 1. The van der Waals surface area contributed by atoms with Gasteiger partial charge in [0.05, 0.1) is 7.11 Å². The van der Waals surface area contributed by atoms with Gasteiger partial charge in [-0.2, -0.15) is 0 Å². The maximum absolute atomic E-state index is 12.1. The first kappa shape index (κ1) is 16.1. The van der Waals surface area contributed by atoms with E-state index >= 15 is 0 Å². The molecule has 1 aromatic rings. The molecule has 0 aliphatic carbocycles. The van der Waals surface area contributed by atoms with Crippen LogP contribution in [0.3, 0.4) is 0 Å². The number of carbonyl (C=O) groups excluding carboxylic acids is 2. The third kappa shape index (κ3) is 4.11. The van der Waals surface area contributed by atoms with E-state index in [2.05, 4.69) is 5.43 Å². The standard InChI is InChI=1S/C15H21N3O4/c1-21-12-2-4-13(5-3-12)22-10-14(19)18-8-6-11(7-9-18)15(20)17-16/h2-5,11H,6-10,16H2,1H3,(H,17,20). The summed E-state index contributed by atoms with van der Waals surface area (Å²) in [7, 11) is 1.59. The minimum atomic E-state index is -0.165. The maximum atomic E-state index is 12.1. The molecule has 3 N–H and O–H groups in total. The van der Waals surface area contributed by atoms with Gasteiger partial charge in [0.15, 0.2) is 6.61 Å². The van der Waals surface area contributed by atoms with Crippen molar-refractivity contribution in [3.63, 3.8) is 0 Å². The van der Waals surface area contributed by atoms with Crippen molar-refractivity contribution in [2.45, 2.75) is 12.8 Å². The number of hydrogen-bond donors (Lipinski definition) is 2. The molecule has 0 atom stereocenters. The molecule has 22 heavy (non-hydrogen) atoms. The number of ether oxygens (including phenoxy) is 2. The quantitative estimate of drug-likeness (QED) is 0.464. The molecule has 1 aliphatic heterocycles. The van der Waals surface area contributed by atoms with Crippen LogP contribution in [0.4, 0.5) is 0 Å². The highest BCUT2D eigenvalue weighted by atomic mass is 16.5. The minimum absolute atomic E-state index is 0.0138. The number of amides is 2. The first-order chi connectivity index (χ1) is 10.6. The number of nitrogens with zero attached hydrogens (tertiary/aromatic N) is 1. The molecule has 1 fully saturated rings. The molecule has 0 unspecified atom stereocenters. The van der Waals surface area contributed by atoms with E-state index in [1.165, 1.54) is 0 Å². The Kier molecular flexibility index (Phi) is 5.60. The van der Waals surface area contributed by atoms with Gasteiger partial charge in [-0.05, 0) is 37.1 Å². The Labute approximate surface area is 129 Å². The number of carbonyl (C=O) groups is 2. The molecule has 2 rings (SSSR count). The van der Waals surface area contributed by atoms with Gasteiger partial charge in [0.1, 0.15) is 11.5 Å². The molecule has 7 heteroatoms. The van der Waals surface area contributed by atoms with Crippen molar-refractivity contribution in [1.29, 1.82) is 0 Å². The lowest BCUT2D eigenvalue weighted by atomic mass is 9.96. The van der Waals surface area contributed by atoms with Crippen LogP contribution < -0.4 is 20.7 Å². The number of benzene rings is 1. The van der Waals surface area contributed by atoms with E-state index in [0.717, 1.165) is 5.75 Å². The first-order valence-electron chi connectivity index (χ1n) is 7.19. The van der Waals surface area contributed by atoms with Crippen LogP contribution in [-0.4, -0.2) is 43.5 Å². The predicted molar refractivity (Wildman–Crippen MR) is 80.1 cm³/mol. The van der Waals surface area contributed by atoms with Crippen LogP contribution in [0.5, 0.6) is 11.5 Å². The number of hydrogen-bond acceptors (Lipinski definition) is 5. The Balaban J connectivity index is 1.77. The highest BCUT2D eigenvalue weighted by Crippen LogP contribution is 2.19. The van der Waals surface area contributed by atoms with Gasteiger partial charge in [0.2, 0.25) is 5.91 Å². The van der Waals surface area contributed by atoms with E-state index in [0.29, 0.717) is 31.7 Å². The predicted octanol–water partition coefficient (Wildman–Crippen LogP) is 0.303. The molecule has 0 spiro atoms. The van der Waals surface area contributed by atoms with Gasteiger partial charge >= 0.3 is 0 Å². The van der Waals surface area contributed by atoms with Crippen LogP contribution in [0.1, 0.15) is 12.8 Å². The lowest BCUT2D eigenvalue weighted by Crippen LogP contribution is -2.45. The second-order valence-corrected chi connectivity index (χ2v) is 5.13. The average molecular weight is 307 g/mol. The van der Waals surface area contributed by atoms with Crippen LogP contribution >= 0.6 is 0 Å². The van der Waals surface area contributed by atoms with Crippen molar-refractivity contribution >= 4 is 11.8 Å². The Morgan fingerprint density at radius 3 is 2.36 bits per heavy atom. The molecule has 7 nitrogen and oxygen atoms in total. The minimum Gasteiger partial charge on any atom is -0.497 e. The van der Waals surface area contributed by atoms with Gasteiger partial charge in [-0.25, -0.2) is 5.84 Å². The molecule has 0 aromatic heterocycles. The Bertz CT molecular complexity index is 510. The molecule has 0 saturated carbocycles. The highest BCUT2D eigenvalue weighted by molar-refractivity contribution is 5.80. The fourth-order valence-corrected chi connectivity index (χ4v) is 2.42. The third-order valence-corrected chi connectivity index (χ3v) is 3.78. The third-order valence-electron chi connectivity index (χ3n) is 3.78. The monoisotopic (exact) mass is 307 g/mol. The summed E-state index contributed by atoms with van der Waals surface area (Å²) in [6.07, 6.45) is 1.24. The normalized spacial score (nSPS) is 15.3. The molecule has 0 bridgehead atoms. The van der Waals surface area contributed by atoms with Crippen LogP contribution in [0.2, 0.25) is 0 Å². The number of methoxy groups -OCH3 is 1. The summed E-state index contributed by atoms with van der Waals surface area (Å²) in [5.41, 5.74) is 2.16. The van der Waals surface area contributed by atoms with Gasteiger partial charge in [0.25, 0.3) is 5.91 Å². The van der Waals surface area contributed by atoms with Crippen LogP contribution in [0, 0.1) is 5.92 Å². The number of rotatable bonds is 5. The van der Waals surface area contributed by atoms with E-state index in [1.54, 1.807) is 36.3 Å². The second kappa shape index (κ2) is 7.65. The molecule has 1 aliphatic rings. The van der Waals surface area contributed by atoms with Crippen LogP contribution in [0.25, 0.3) is 0 Å². The Hall–Kier alpha value is -2.28. The lowest BCUT2D eigenvalue weighted by Gasteiger charge is -2.30. The topological polar surface area (TPSA) is 93.9 Å². The van der Waals surface area contributed by atoms with E-state index in [-0.39, 0.29) is 24.3 Å². The zero-order valence-corrected chi connectivity index (χ0v) is 12.6. The maximum Gasteiger partial charge on any atom is 0.260 e. The second-order valence-electron chi connectivity index (χ2n) is 5.13. The zero-order valence-electron chi connectivity index (χ0n) is 12.6. The van der Waals surface area contributed by atoms with Gasteiger partial charge in [-0.1, -0.05) is 0 Å². The fourth-order valence-electron chi connectivity index (χ4n) is 2.42. The first-order valence-corrected chi connectivity index (χ1v) is 7.19. The number of nitrogens with one attached hydrogen (secondary N) is 1. The number of piperidine rings is 1. The van der Waals surface area contributed by atoms with Crippen molar-refractivity contribution in [2.75, 3.05) is 26.8 Å². The molecule has 1 heterocycles. The average Bonchev–Trinajstić information content (AvgIpc) is 2.59. The summed E-state index contributed by atoms with van der Waals surface area (Å²) in [4.78, 5) is 25.2. The Morgan fingerprint density at radius 1 is 1.23 bits per heavy atom. The van der Waals surface area contributed by atoms with E-state index in [9.17, 15) is 9.59 Å². The number of nitrogens with two attached hydrogens (primary N) is 1. The summed E-state index contributed by atoms with van der Waals surface area (Å²) in [5.74, 6) is 6.11. The summed E-state index contributed by atoms with van der Waals surface area (Å²) < 4.78 is 10.5. The van der Waals surface area contributed by atoms with Crippen molar-refractivity contribution < 1.29 is 19.1 Å². The van der Waals surface area contributed by atoms with Crippen molar-refractivity contribution in [1.82, 2.24) is 10.3 Å². The molecule has 2 amide bonds. The zero-order chi connectivity index (χ0) is 15.9. The Morgan fingerprint density at radius 2 is 1.82 bits per heavy atom. The van der Waals surface area contributed by atoms with Gasteiger partial charge in [-0.15, -0.1) is 0 Å². The van der Waals surface area contributed by atoms with Crippen molar-refractivity contribution in [2.24, 2.45) is 11.8 Å². The van der Waals surface area contributed by atoms with Gasteiger partial charge < -0.3 is 14.4 Å². The smallest absolute Gasteiger partial charge is 0.260 e. The van der Waals surface area contributed by atoms with Gasteiger partial charge in [-0.3, -0.25) is 15.0 Å². The summed E-state index contributed by atoms with van der Waals surface area (Å²) in [6, 6.07) is 7.06.